The summed E-state index contributed by atoms with van der Waals surface area (Å²) >= 11 is 0. The van der Waals surface area contributed by atoms with Gasteiger partial charge in [0, 0.05) is 29.1 Å². The monoisotopic (exact) mass is 298 g/mol. The third-order valence-corrected chi connectivity index (χ3v) is 3.47. The Morgan fingerprint density at radius 2 is 2.05 bits per heavy atom. The number of hydrogen-bond donors (Lipinski definition) is 2. The molecule has 1 amide bonds. The Morgan fingerprint density at radius 3 is 2.82 bits per heavy atom. The van der Waals surface area contributed by atoms with E-state index in [1.807, 2.05) is 18.2 Å². The molecule has 0 bridgehead atoms. The minimum atomic E-state index is -0.329. The molecular weight excluding hydrogens is 283 g/mol. The molecule has 22 heavy (non-hydrogen) atoms. The summed E-state index contributed by atoms with van der Waals surface area (Å²) in [5, 5.41) is 3.62. The van der Waals surface area contributed by atoms with Crippen LogP contribution in [0.15, 0.2) is 48.5 Å². The first-order valence-corrected chi connectivity index (χ1v) is 6.86. The second-order valence-corrected chi connectivity index (χ2v) is 4.91. The second kappa shape index (κ2) is 5.89. The van der Waals surface area contributed by atoms with Crippen molar-refractivity contribution in [2.75, 3.05) is 7.11 Å². The Hall–Kier alpha value is -2.82. The van der Waals surface area contributed by atoms with Gasteiger partial charge in [0.05, 0.1) is 7.11 Å². The predicted molar refractivity (Wildman–Crippen MR) is 82.4 cm³/mol. The fourth-order valence-electron chi connectivity index (χ4n) is 2.27. The Bertz CT molecular complexity index is 826. The normalized spacial score (nSPS) is 10.6. The van der Waals surface area contributed by atoms with Crippen molar-refractivity contribution in [1.82, 2.24) is 10.3 Å². The smallest absolute Gasteiger partial charge is 0.267 e. The minimum Gasteiger partial charge on any atom is -0.497 e. The van der Waals surface area contributed by atoms with Crippen molar-refractivity contribution in [2.24, 2.45) is 0 Å². The average Bonchev–Trinajstić information content (AvgIpc) is 2.96. The van der Waals surface area contributed by atoms with Crippen LogP contribution in [0.4, 0.5) is 4.39 Å². The quantitative estimate of drug-likeness (QED) is 0.777. The van der Waals surface area contributed by atoms with Gasteiger partial charge in [-0.1, -0.05) is 18.2 Å². The van der Waals surface area contributed by atoms with Gasteiger partial charge >= 0.3 is 0 Å². The highest BCUT2D eigenvalue weighted by molar-refractivity contribution is 5.98. The summed E-state index contributed by atoms with van der Waals surface area (Å²) in [6, 6.07) is 13.7. The van der Waals surface area contributed by atoms with E-state index in [4.69, 9.17) is 4.74 Å². The standard InChI is InChI=1S/C17H15FN2O2/c1-22-13-7-6-11-8-16(20-15(11)9-13)17(21)19-10-12-4-2-3-5-14(12)18/h2-9,20H,10H2,1H3,(H,19,21). The number of benzene rings is 2. The highest BCUT2D eigenvalue weighted by Gasteiger charge is 2.10. The van der Waals surface area contributed by atoms with Crippen LogP contribution in [0, 0.1) is 5.82 Å². The molecule has 0 aliphatic rings. The highest BCUT2D eigenvalue weighted by Crippen LogP contribution is 2.21. The minimum absolute atomic E-state index is 0.143. The number of halogens is 1. The van der Waals surface area contributed by atoms with E-state index in [0.29, 0.717) is 17.0 Å². The Morgan fingerprint density at radius 1 is 1.23 bits per heavy atom. The van der Waals surface area contributed by atoms with Gasteiger partial charge in [-0.2, -0.15) is 0 Å². The number of nitrogens with one attached hydrogen (secondary N) is 2. The summed E-state index contributed by atoms with van der Waals surface area (Å²) in [6.45, 7) is 0.143. The lowest BCUT2D eigenvalue weighted by Crippen LogP contribution is -2.23. The van der Waals surface area contributed by atoms with E-state index in [0.717, 1.165) is 10.9 Å². The van der Waals surface area contributed by atoms with Crippen LogP contribution in [0.25, 0.3) is 10.9 Å². The maximum absolute atomic E-state index is 13.5. The topological polar surface area (TPSA) is 54.1 Å². The van der Waals surface area contributed by atoms with E-state index in [9.17, 15) is 9.18 Å². The molecule has 0 saturated carbocycles. The third-order valence-electron chi connectivity index (χ3n) is 3.47. The molecule has 0 unspecified atom stereocenters. The van der Waals surface area contributed by atoms with Gasteiger partial charge in [0.15, 0.2) is 0 Å². The van der Waals surface area contributed by atoms with E-state index in [-0.39, 0.29) is 18.3 Å². The Balaban J connectivity index is 1.76. The molecule has 2 N–H and O–H groups in total. The number of methoxy groups -OCH3 is 1. The van der Waals surface area contributed by atoms with Gasteiger partial charge in [-0.3, -0.25) is 4.79 Å². The first-order valence-electron chi connectivity index (χ1n) is 6.86. The first-order chi connectivity index (χ1) is 10.7. The zero-order chi connectivity index (χ0) is 15.5. The van der Waals surface area contributed by atoms with Crippen molar-refractivity contribution in [3.05, 3.63) is 65.6 Å². The van der Waals surface area contributed by atoms with Gasteiger partial charge in [-0.25, -0.2) is 4.39 Å². The molecule has 0 radical (unpaired) electrons. The summed E-state index contributed by atoms with van der Waals surface area (Å²) in [5.74, 6) is 0.107. The molecule has 5 heteroatoms. The van der Waals surface area contributed by atoms with Gasteiger partial charge in [-0.05, 0) is 24.3 Å². The van der Waals surface area contributed by atoms with Crippen LogP contribution < -0.4 is 10.1 Å². The fourth-order valence-corrected chi connectivity index (χ4v) is 2.27. The molecule has 2 aromatic carbocycles. The van der Waals surface area contributed by atoms with Crippen molar-refractivity contribution in [3.8, 4) is 5.75 Å². The van der Waals surface area contributed by atoms with E-state index in [2.05, 4.69) is 10.3 Å². The van der Waals surface area contributed by atoms with Crippen LogP contribution >= 0.6 is 0 Å². The van der Waals surface area contributed by atoms with Crippen LogP contribution in [-0.4, -0.2) is 18.0 Å². The number of hydrogen-bond acceptors (Lipinski definition) is 2. The van der Waals surface area contributed by atoms with Crippen LogP contribution in [0.1, 0.15) is 16.1 Å². The SMILES string of the molecule is COc1ccc2cc(C(=O)NCc3ccccc3F)[nH]c2c1. The van der Waals surface area contributed by atoms with E-state index in [1.165, 1.54) is 6.07 Å². The lowest BCUT2D eigenvalue weighted by Gasteiger charge is -2.04. The number of carbonyl (C=O) groups excluding carboxylic acids is 1. The second-order valence-electron chi connectivity index (χ2n) is 4.91. The summed E-state index contributed by atoms with van der Waals surface area (Å²) in [6.07, 6.45) is 0. The molecule has 0 aliphatic carbocycles. The number of rotatable bonds is 4. The number of H-pyrrole nitrogens is 1. The maximum Gasteiger partial charge on any atom is 0.267 e. The number of aromatic nitrogens is 1. The van der Waals surface area contributed by atoms with Crippen molar-refractivity contribution in [3.63, 3.8) is 0 Å². The Labute approximate surface area is 126 Å². The number of carbonyl (C=O) groups is 1. The van der Waals surface area contributed by atoms with Crippen LogP contribution in [0.5, 0.6) is 5.75 Å². The van der Waals surface area contributed by atoms with Gasteiger partial charge in [0.2, 0.25) is 0 Å². The number of amides is 1. The molecule has 3 aromatic rings. The highest BCUT2D eigenvalue weighted by atomic mass is 19.1. The van der Waals surface area contributed by atoms with Crippen LogP contribution in [-0.2, 0) is 6.54 Å². The van der Waals surface area contributed by atoms with E-state index >= 15 is 0 Å². The van der Waals surface area contributed by atoms with Gasteiger partial charge < -0.3 is 15.0 Å². The molecule has 4 nitrogen and oxygen atoms in total. The lowest BCUT2D eigenvalue weighted by atomic mass is 10.2. The summed E-state index contributed by atoms with van der Waals surface area (Å²) in [7, 11) is 1.59. The van der Waals surface area contributed by atoms with Gasteiger partial charge in [0.1, 0.15) is 17.3 Å². The molecule has 0 aliphatic heterocycles. The molecule has 0 atom stereocenters. The molecule has 112 valence electrons. The number of ether oxygens (including phenoxy) is 1. The summed E-state index contributed by atoms with van der Waals surface area (Å²) < 4.78 is 18.7. The molecule has 3 rings (SSSR count). The number of fused-ring (bicyclic) bond motifs is 1. The van der Waals surface area contributed by atoms with Crippen molar-refractivity contribution < 1.29 is 13.9 Å². The van der Waals surface area contributed by atoms with Crippen LogP contribution in [0.3, 0.4) is 0 Å². The summed E-state index contributed by atoms with van der Waals surface area (Å²) in [5.41, 5.74) is 1.70. The number of aromatic amines is 1. The average molecular weight is 298 g/mol. The lowest BCUT2D eigenvalue weighted by molar-refractivity contribution is 0.0946. The van der Waals surface area contributed by atoms with E-state index in [1.54, 1.807) is 31.4 Å². The molecule has 1 aromatic heterocycles. The van der Waals surface area contributed by atoms with Crippen LogP contribution in [0.2, 0.25) is 0 Å². The van der Waals surface area contributed by atoms with E-state index < -0.39 is 0 Å². The zero-order valence-corrected chi connectivity index (χ0v) is 12.0. The van der Waals surface area contributed by atoms with Crippen molar-refractivity contribution in [2.45, 2.75) is 6.54 Å². The maximum atomic E-state index is 13.5. The predicted octanol–water partition coefficient (Wildman–Crippen LogP) is 3.25. The van der Waals surface area contributed by atoms with Crippen molar-refractivity contribution in [1.29, 1.82) is 0 Å². The molecule has 0 fully saturated rings. The zero-order valence-electron chi connectivity index (χ0n) is 12.0. The molecule has 1 heterocycles. The Kier molecular flexibility index (Phi) is 3.78. The third kappa shape index (κ3) is 2.79. The van der Waals surface area contributed by atoms with Crippen molar-refractivity contribution >= 4 is 16.8 Å². The van der Waals surface area contributed by atoms with Gasteiger partial charge in [-0.15, -0.1) is 0 Å². The first kappa shape index (κ1) is 14.1. The summed E-state index contributed by atoms with van der Waals surface area (Å²) in [4.78, 5) is 15.2. The largest absolute Gasteiger partial charge is 0.497 e. The van der Waals surface area contributed by atoms with Gasteiger partial charge in [0.25, 0.3) is 5.91 Å². The molecule has 0 spiro atoms. The fraction of sp³-hybridized carbons (Fsp3) is 0.118. The molecule has 0 saturated heterocycles. The molecular formula is C17H15FN2O2.